The van der Waals surface area contributed by atoms with Crippen LogP contribution in [0.15, 0.2) is 42.5 Å². The minimum atomic E-state index is -1.50. The van der Waals surface area contributed by atoms with Gasteiger partial charge in [-0.3, -0.25) is 4.79 Å². The molecule has 10 heteroatoms. The number of nitrogens with one attached hydrogen (secondary N) is 2. The highest BCUT2D eigenvalue weighted by Crippen LogP contribution is 2.32. The van der Waals surface area contributed by atoms with Crippen molar-refractivity contribution in [2.24, 2.45) is 0 Å². The van der Waals surface area contributed by atoms with Gasteiger partial charge in [0.2, 0.25) is 0 Å². The Bertz CT molecular complexity index is 1090. The number of rotatable bonds is 5. The number of carbonyl (C=O) groups excluding carboxylic acids is 1. The van der Waals surface area contributed by atoms with E-state index in [1.54, 1.807) is 24.3 Å². The molecule has 164 valence electrons. The van der Waals surface area contributed by atoms with Gasteiger partial charge in [-0.1, -0.05) is 29.8 Å². The van der Waals surface area contributed by atoms with E-state index in [0.29, 0.717) is 21.6 Å². The van der Waals surface area contributed by atoms with Crippen molar-refractivity contribution in [1.29, 1.82) is 0 Å². The smallest absolute Gasteiger partial charge is 0.251 e. The standard InChI is InChI=1S/C21H22ClN3O6/c22-12-4-2-1-3-11(12)8-23-21(30)10-5-6-13-14(7-10)25-20(24-13)19-18(29)17(28)16(27)15(9-26)31-19/h1-7,15-19,26-29H,8-9H2,(H,23,30)(H,24,25)/t15-,16+,17+,18-,19-/m1/s1. The Morgan fingerprint density at radius 3 is 2.65 bits per heavy atom. The predicted octanol–water partition coefficient (Wildman–Crippen LogP) is 0.661. The minimum Gasteiger partial charge on any atom is -0.394 e. The minimum absolute atomic E-state index is 0.209. The lowest BCUT2D eigenvalue weighted by Gasteiger charge is -2.39. The molecule has 0 unspecified atom stereocenters. The molecular weight excluding hydrogens is 426 g/mol. The number of H-pyrrole nitrogens is 1. The number of hydrogen-bond donors (Lipinski definition) is 6. The number of hydrogen-bond acceptors (Lipinski definition) is 7. The zero-order chi connectivity index (χ0) is 22.1. The van der Waals surface area contributed by atoms with E-state index in [4.69, 9.17) is 16.3 Å². The lowest BCUT2D eigenvalue weighted by molar-refractivity contribution is -0.233. The zero-order valence-electron chi connectivity index (χ0n) is 16.3. The van der Waals surface area contributed by atoms with E-state index in [2.05, 4.69) is 15.3 Å². The number of imidazole rings is 1. The van der Waals surface area contributed by atoms with Gasteiger partial charge in [-0.15, -0.1) is 0 Å². The second kappa shape index (κ2) is 8.91. The molecular formula is C21H22ClN3O6. The molecule has 5 atom stereocenters. The van der Waals surface area contributed by atoms with Crippen molar-refractivity contribution in [2.75, 3.05) is 6.61 Å². The molecule has 0 aliphatic carbocycles. The van der Waals surface area contributed by atoms with Gasteiger partial charge in [0, 0.05) is 17.1 Å². The summed E-state index contributed by atoms with van der Waals surface area (Å²) in [5, 5.41) is 43.0. The highest BCUT2D eigenvalue weighted by atomic mass is 35.5. The third-order valence-electron chi connectivity index (χ3n) is 5.32. The highest BCUT2D eigenvalue weighted by molar-refractivity contribution is 6.31. The average Bonchev–Trinajstić information content (AvgIpc) is 3.20. The number of aliphatic hydroxyl groups is 4. The van der Waals surface area contributed by atoms with Crippen molar-refractivity contribution in [3.8, 4) is 0 Å². The molecule has 1 aromatic heterocycles. The van der Waals surface area contributed by atoms with E-state index in [0.717, 1.165) is 5.56 Å². The number of ether oxygens (including phenoxy) is 1. The molecule has 4 rings (SSSR count). The maximum atomic E-state index is 12.6. The van der Waals surface area contributed by atoms with Crippen LogP contribution in [-0.4, -0.2) is 67.3 Å². The van der Waals surface area contributed by atoms with Gasteiger partial charge in [-0.2, -0.15) is 0 Å². The number of amides is 1. The third kappa shape index (κ3) is 4.29. The first-order valence-electron chi connectivity index (χ1n) is 9.71. The first kappa shape index (κ1) is 21.7. The molecule has 9 nitrogen and oxygen atoms in total. The highest BCUT2D eigenvalue weighted by Gasteiger charge is 2.45. The van der Waals surface area contributed by atoms with E-state index >= 15 is 0 Å². The van der Waals surface area contributed by atoms with Crippen LogP contribution in [0.4, 0.5) is 0 Å². The van der Waals surface area contributed by atoms with E-state index in [1.807, 2.05) is 18.2 Å². The number of fused-ring (bicyclic) bond motifs is 1. The number of carbonyl (C=O) groups is 1. The molecule has 0 spiro atoms. The Morgan fingerprint density at radius 1 is 1.13 bits per heavy atom. The molecule has 6 N–H and O–H groups in total. The fraction of sp³-hybridized carbons (Fsp3) is 0.333. The van der Waals surface area contributed by atoms with Crippen LogP contribution in [0, 0.1) is 0 Å². The van der Waals surface area contributed by atoms with Crippen molar-refractivity contribution in [3.63, 3.8) is 0 Å². The number of nitrogens with zero attached hydrogens (tertiary/aromatic N) is 1. The van der Waals surface area contributed by atoms with Gasteiger partial charge in [0.05, 0.1) is 17.6 Å². The maximum absolute atomic E-state index is 12.6. The molecule has 2 aromatic carbocycles. The molecule has 1 fully saturated rings. The molecule has 2 heterocycles. The molecule has 1 aliphatic rings. The zero-order valence-corrected chi connectivity index (χ0v) is 17.0. The molecule has 31 heavy (non-hydrogen) atoms. The quantitative estimate of drug-likeness (QED) is 0.336. The van der Waals surface area contributed by atoms with Gasteiger partial charge in [-0.05, 0) is 29.8 Å². The summed E-state index contributed by atoms with van der Waals surface area (Å²) in [4.78, 5) is 19.9. The van der Waals surface area contributed by atoms with E-state index in [1.165, 1.54) is 0 Å². The third-order valence-corrected chi connectivity index (χ3v) is 5.69. The number of aromatic nitrogens is 2. The largest absolute Gasteiger partial charge is 0.394 e. The van der Waals surface area contributed by atoms with E-state index in [-0.39, 0.29) is 18.3 Å². The van der Waals surface area contributed by atoms with Crippen molar-refractivity contribution in [3.05, 3.63) is 64.4 Å². The summed E-state index contributed by atoms with van der Waals surface area (Å²) in [5.41, 5.74) is 2.24. The summed E-state index contributed by atoms with van der Waals surface area (Å²) in [6.45, 7) is -0.257. The second-order valence-corrected chi connectivity index (χ2v) is 7.78. The van der Waals surface area contributed by atoms with Gasteiger partial charge in [0.25, 0.3) is 5.91 Å². The van der Waals surface area contributed by atoms with E-state index < -0.39 is 37.1 Å². The van der Waals surface area contributed by atoms with Gasteiger partial charge >= 0.3 is 0 Å². The average molecular weight is 448 g/mol. The van der Waals surface area contributed by atoms with Gasteiger partial charge in [0.15, 0.2) is 0 Å². The van der Waals surface area contributed by atoms with Gasteiger partial charge < -0.3 is 35.5 Å². The van der Waals surface area contributed by atoms with Crippen molar-refractivity contribution < 1.29 is 30.0 Å². The Labute approximate surface area is 182 Å². The summed E-state index contributed by atoms with van der Waals surface area (Å²) in [6.07, 6.45) is -6.52. The van der Waals surface area contributed by atoms with Crippen LogP contribution in [0.25, 0.3) is 11.0 Å². The summed E-state index contributed by atoms with van der Waals surface area (Å²) in [6, 6.07) is 12.1. The Balaban J connectivity index is 1.53. The second-order valence-electron chi connectivity index (χ2n) is 7.38. The SMILES string of the molecule is O=C(NCc1ccccc1Cl)c1ccc2nc([C@@H]3O[C@H](CO)[C@H](O)[C@H](O)[C@H]3O)[nH]c2c1. The normalized spacial score (nSPS) is 26.2. The monoisotopic (exact) mass is 447 g/mol. The summed E-state index contributed by atoms with van der Waals surface area (Å²) >= 11 is 6.11. The van der Waals surface area contributed by atoms with E-state index in [9.17, 15) is 25.2 Å². The molecule has 3 aromatic rings. The lowest BCUT2D eigenvalue weighted by Crippen LogP contribution is -2.55. The lowest BCUT2D eigenvalue weighted by atomic mass is 9.95. The van der Waals surface area contributed by atoms with Gasteiger partial charge in [-0.25, -0.2) is 4.98 Å². The molecule has 1 aliphatic heterocycles. The predicted molar refractivity (Wildman–Crippen MR) is 111 cm³/mol. The number of benzene rings is 2. The van der Waals surface area contributed by atoms with Crippen LogP contribution >= 0.6 is 11.6 Å². The molecule has 0 bridgehead atoms. The molecule has 1 amide bonds. The van der Waals surface area contributed by atoms with Crippen LogP contribution in [0.5, 0.6) is 0 Å². The Hall–Kier alpha value is -2.53. The Morgan fingerprint density at radius 2 is 1.90 bits per heavy atom. The molecule has 0 radical (unpaired) electrons. The van der Waals surface area contributed by atoms with Crippen molar-refractivity contribution >= 4 is 28.5 Å². The first-order valence-corrected chi connectivity index (χ1v) is 10.1. The first-order chi connectivity index (χ1) is 14.9. The van der Waals surface area contributed by atoms with Crippen LogP contribution in [0.1, 0.15) is 27.8 Å². The van der Waals surface area contributed by atoms with Crippen LogP contribution in [-0.2, 0) is 11.3 Å². The van der Waals surface area contributed by atoms with Crippen LogP contribution in [0.3, 0.4) is 0 Å². The fourth-order valence-corrected chi connectivity index (χ4v) is 3.75. The van der Waals surface area contributed by atoms with Crippen molar-refractivity contribution in [1.82, 2.24) is 15.3 Å². The molecule has 1 saturated heterocycles. The van der Waals surface area contributed by atoms with Crippen LogP contribution in [0.2, 0.25) is 5.02 Å². The number of aliphatic hydroxyl groups excluding tert-OH is 4. The maximum Gasteiger partial charge on any atom is 0.251 e. The Kier molecular flexibility index (Phi) is 6.24. The molecule has 0 saturated carbocycles. The summed E-state index contributed by atoms with van der Waals surface area (Å²) in [5.74, 6) is -0.0914. The van der Waals surface area contributed by atoms with Crippen molar-refractivity contribution in [2.45, 2.75) is 37.1 Å². The fourth-order valence-electron chi connectivity index (χ4n) is 3.55. The summed E-state index contributed by atoms with van der Waals surface area (Å²) in [7, 11) is 0. The summed E-state index contributed by atoms with van der Waals surface area (Å²) < 4.78 is 5.53. The topological polar surface area (TPSA) is 148 Å². The number of aromatic amines is 1. The van der Waals surface area contributed by atoms with Crippen LogP contribution < -0.4 is 5.32 Å². The van der Waals surface area contributed by atoms with Gasteiger partial charge in [0.1, 0.15) is 36.3 Å². The number of halogens is 1.